The molecule has 0 heterocycles. The molecule has 0 unspecified atom stereocenters. The van der Waals surface area contributed by atoms with E-state index in [1.807, 2.05) is 6.07 Å². The van der Waals surface area contributed by atoms with Crippen LogP contribution in [0.4, 0.5) is 0 Å². The van der Waals surface area contributed by atoms with E-state index in [2.05, 4.69) is 18.2 Å². The Bertz CT molecular complexity index is 369. The summed E-state index contributed by atoms with van der Waals surface area (Å²) < 4.78 is 5.19. The van der Waals surface area contributed by atoms with Crippen LogP contribution in [0.2, 0.25) is 0 Å². The molecular weight excluding hydrogens is 174 g/mol. The number of nitrogens with two attached hydrogens (primary N) is 1. The van der Waals surface area contributed by atoms with Crippen molar-refractivity contribution in [2.24, 2.45) is 5.73 Å². The zero-order valence-electron chi connectivity index (χ0n) is 8.42. The highest BCUT2D eigenvalue weighted by atomic mass is 16.5. The molecule has 2 N–H and O–H groups in total. The molecule has 0 aliphatic heterocycles. The van der Waals surface area contributed by atoms with Crippen LogP contribution >= 0.6 is 0 Å². The minimum atomic E-state index is 0.720. The number of methoxy groups -OCH3 is 1. The molecule has 2 heteroatoms. The fraction of sp³-hybridized carbons (Fsp3) is 0.333. The first-order chi connectivity index (χ1) is 6.85. The topological polar surface area (TPSA) is 35.2 Å². The van der Waals surface area contributed by atoms with Crippen molar-refractivity contribution in [2.45, 2.75) is 12.8 Å². The summed E-state index contributed by atoms with van der Waals surface area (Å²) in [4.78, 5) is 0. The summed E-state index contributed by atoms with van der Waals surface area (Å²) >= 11 is 0. The van der Waals surface area contributed by atoms with Crippen LogP contribution in [0.1, 0.15) is 17.5 Å². The number of hydrogen-bond acceptors (Lipinski definition) is 2. The largest absolute Gasteiger partial charge is 0.497 e. The molecule has 0 aromatic heterocycles. The van der Waals surface area contributed by atoms with E-state index in [0.29, 0.717) is 0 Å². The Balaban J connectivity index is 2.29. The smallest absolute Gasteiger partial charge is 0.119 e. The lowest BCUT2D eigenvalue weighted by Crippen LogP contribution is -1.99. The summed E-state index contributed by atoms with van der Waals surface area (Å²) in [5.41, 5.74) is 9.63. The first kappa shape index (κ1) is 9.28. The van der Waals surface area contributed by atoms with Gasteiger partial charge in [0.25, 0.3) is 0 Å². The van der Waals surface area contributed by atoms with E-state index in [1.54, 1.807) is 7.11 Å². The van der Waals surface area contributed by atoms with Gasteiger partial charge in [-0.25, -0.2) is 0 Å². The van der Waals surface area contributed by atoms with E-state index >= 15 is 0 Å². The maximum Gasteiger partial charge on any atom is 0.119 e. The number of fused-ring (bicyclic) bond motifs is 1. The first-order valence-corrected chi connectivity index (χ1v) is 4.91. The predicted octanol–water partition coefficient (Wildman–Crippen LogP) is 1.98. The van der Waals surface area contributed by atoms with Crippen LogP contribution < -0.4 is 10.5 Å². The molecule has 0 fully saturated rings. The Morgan fingerprint density at radius 3 is 3.00 bits per heavy atom. The van der Waals surface area contributed by atoms with Gasteiger partial charge in [-0.1, -0.05) is 12.1 Å². The Labute approximate surface area is 84.4 Å². The van der Waals surface area contributed by atoms with Gasteiger partial charge >= 0.3 is 0 Å². The Hall–Kier alpha value is -1.28. The molecule has 0 saturated carbocycles. The van der Waals surface area contributed by atoms with Crippen molar-refractivity contribution in [3.05, 3.63) is 35.4 Å². The molecule has 0 radical (unpaired) electrons. The Morgan fingerprint density at radius 2 is 2.29 bits per heavy atom. The van der Waals surface area contributed by atoms with Crippen LogP contribution in [0.15, 0.2) is 24.3 Å². The van der Waals surface area contributed by atoms with Gasteiger partial charge in [0.05, 0.1) is 7.11 Å². The Morgan fingerprint density at radius 1 is 1.43 bits per heavy atom. The van der Waals surface area contributed by atoms with Gasteiger partial charge in [-0.05, 0) is 48.2 Å². The van der Waals surface area contributed by atoms with Crippen molar-refractivity contribution in [3.63, 3.8) is 0 Å². The summed E-state index contributed by atoms with van der Waals surface area (Å²) in [6.07, 6.45) is 4.25. The van der Waals surface area contributed by atoms with Gasteiger partial charge in [0.15, 0.2) is 0 Å². The van der Waals surface area contributed by atoms with Crippen molar-refractivity contribution in [3.8, 4) is 5.75 Å². The molecule has 0 amide bonds. The summed E-state index contributed by atoms with van der Waals surface area (Å²) in [6, 6.07) is 6.24. The van der Waals surface area contributed by atoms with Gasteiger partial charge in [0.1, 0.15) is 5.75 Å². The maximum atomic E-state index is 5.56. The molecule has 0 atom stereocenters. The molecule has 0 bridgehead atoms. The van der Waals surface area contributed by atoms with Crippen LogP contribution in [-0.4, -0.2) is 13.7 Å². The average molecular weight is 189 g/mol. The highest BCUT2D eigenvalue weighted by Crippen LogP contribution is 2.31. The van der Waals surface area contributed by atoms with Gasteiger partial charge in [0, 0.05) is 0 Å². The van der Waals surface area contributed by atoms with Gasteiger partial charge in [0.2, 0.25) is 0 Å². The molecule has 1 aromatic rings. The highest BCUT2D eigenvalue weighted by molar-refractivity contribution is 5.73. The number of ether oxygens (including phenoxy) is 1. The second kappa shape index (κ2) is 3.84. The van der Waals surface area contributed by atoms with Crippen molar-refractivity contribution in [1.29, 1.82) is 0 Å². The normalized spacial score (nSPS) is 13.7. The number of benzene rings is 1. The molecule has 14 heavy (non-hydrogen) atoms. The quantitative estimate of drug-likeness (QED) is 0.789. The van der Waals surface area contributed by atoms with E-state index < -0.39 is 0 Å². The van der Waals surface area contributed by atoms with Crippen LogP contribution in [-0.2, 0) is 6.42 Å². The van der Waals surface area contributed by atoms with E-state index in [-0.39, 0.29) is 0 Å². The summed E-state index contributed by atoms with van der Waals surface area (Å²) in [6.45, 7) is 0.720. The molecule has 74 valence electrons. The lowest BCUT2D eigenvalue weighted by molar-refractivity contribution is 0.414. The molecule has 0 saturated heterocycles. The van der Waals surface area contributed by atoms with Gasteiger partial charge in [-0.2, -0.15) is 0 Å². The third-order valence-corrected chi connectivity index (χ3v) is 2.64. The third kappa shape index (κ3) is 1.53. The number of allylic oxidation sites excluding steroid dienone is 1. The molecule has 2 nitrogen and oxygen atoms in total. The highest BCUT2D eigenvalue weighted by Gasteiger charge is 2.13. The number of hydrogen-bond donors (Lipinski definition) is 1. The molecule has 0 spiro atoms. The molecule has 1 aliphatic carbocycles. The van der Waals surface area contributed by atoms with Crippen LogP contribution in [0.3, 0.4) is 0 Å². The van der Waals surface area contributed by atoms with Gasteiger partial charge in [-0.15, -0.1) is 0 Å². The minimum absolute atomic E-state index is 0.720. The number of rotatable bonds is 3. The third-order valence-electron chi connectivity index (χ3n) is 2.64. The predicted molar refractivity (Wildman–Crippen MR) is 58.3 cm³/mol. The second-order valence-corrected chi connectivity index (χ2v) is 3.50. The second-order valence-electron chi connectivity index (χ2n) is 3.50. The van der Waals surface area contributed by atoms with Crippen LogP contribution in [0.25, 0.3) is 5.57 Å². The van der Waals surface area contributed by atoms with E-state index in [1.165, 1.54) is 16.7 Å². The minimum Gasteiger partial charge on any atom is -0.497 e. The van der Waals surface area contributed by atoms with Crippen molar-refractivity contribution >= 4 is 5.57 Å². The van der Waals surface area contributed by atoms with Crippen molar-refractivity contribution in [2.75, 3.05) is 13.7 Å². The van der Waals surface area contributed by atoms with Crippen molar-refractivity contribution < 1.29 is 4.74 Å². The SMILES string of the molecule is COc1ccc2c(c1)CC=C2CCN. The zero-order valence-corrected chi connectivity index (χ0v) is 8.42. The summed E-state index contributed by atoms with van der Waals surface area (Å²) in [5.74, 6) is 0.936. The van der Waals surface area contributed by atoms with Gasteiger partial charge in [-0.3, -0.25) is 0 Å². The van der Waals surface area contributed by atoms with Gasteiger partial charge < -0.3 is 10.5 Å². The molecule has 1 aromatic carbocycles. The maximum absolute atomic E-state index is 5.56. The molecule has 1 aliphatic rings. The van der Waals surface area contributed by atoms with Crippen LogP contribution in [0, 0.1) is 0 Å². The summed E-state index contributed by atoms with van der Waals surface area (Å²) in [7, 11) is 1.70. The zero-order chi connectivity index (χ0) is 9.97. The molecule has 2 rings (SSSR count). The molecular formula is C12H15NO. The summed E-state index contributed by atoms with van der Waals surface area (Å²) in [5, 5.41) is 0. The van der Waals surface area contributed by atoms with E-state index in [0.717, 1.165) is 25.1 Å². The lowest BCUT2D eigenvalue weighted by Gasteiger charge is -2.06. The lowest BCUT2D eigenvalue weighted by atomic mass is 10.0. The van der Waals surface area contributed by atoms with E-state index in [9.17, 15) is 0 Å². The fourth-order valence-electron chi connectivity index (χ4n) is 1.91. The average Bonchev–Trinajstić information content (AvgIpc) is 2.61. The van der Waals surface area contributed by atoms with E-state index in [4.69, 9.17) is 10.5 Å². The standard InChI is InChI=1S/C12H15NO/c1-14-11-4-5-12-9(6-7-13)2-3-10(12)8-11/h2,4-5,8H,3,6-7,13H2,1H3. The van der Waals surface area contributed by atoms with Crippen LogP contribution in [0.5, 0.6) is 5.75 Å². The fourth-order valence-corrected chi connectivity index (χ4v) is 1.91. The monoisotopic (exact) mass is 189 g/mol. The Kier molecular flexibility index (Phi) is 2.55. The first-order valence-electron chi connectivity index (χ1n) is 4.91. The van der Waals surface area contributed by atoms with Crippen molar-refractivity contribution in [1.82, 2.24) is 0 Å².